The molecule has 0 unspecified atom stereocenters. The number of nitrogens with zero attached hydrogens (tertiary/aromatic N) is 2. The second kappa shape index (κ2) is 5.49. The second-order valence-corrected chi connectivity index (χ2v) is 5.10. The molecular formula is C15H17ClN2. The fourth-order valence-corrected chi connectivity index (χ4v) is 2.57. The first-order valence-corrected chi connectivity index (χ1v) is 6.52. The lowest BCUT2D eigenvalue weighted by Crippen LogP contribution is -2.05. The summed E-state index contributed by atoms with van der Waals surface area (Å²) in [5.41, 5.74) is 3.23. The predicted octanol–water partition coefficient (Wildman–Crippen LogP) is 4.15. The van der Waals surface area contributed by atoms with Gasteiger partial charge in [0.25, 0.3) is 0 Å². The summed E-state index contributed by atoms with van der Waals surface area (Å²) in [4.78, 5) is 8.96. The van der Waals surface area contributed by atoms with E-state index >= 15 is 0 Å². The van der Waals surface area contributed by atoms with Gasteiger partial charge in [0.2, 0.25) is 0 Å². The fraction of sp³-hybridized carbons (Fsp3) is 0.333. The van der Waals surface area contributed by atoms with Gasteiger partial charge in [0.1, 0.15) is 11.0 Å². The van der Waals surface area contributed by atoms with E-state index in [1.54, 1.807) is 0 Å². The maximum atomic E-state index is 6.24. The standard InChI is InChI=1S/C15H17ClN2/c1-10(2)14-11(3)17-13(18-15(14)16)9-12-7-5-4-6-8-12/h4-8,10H,9H2,1-3H3. The van der Waals surface area contributed by atoms with Crippen LogP contribution < -0.4 is 0 Å². The van der Waals surface area contributed by atoms with E-state index in [4.69, 9.17) is 11.6 Å². The number of rotatable bonds is 3. The summed E-state index contributed by atoms with van der Waals surface area (Å²) in [7, 11) is 0. The van der Waals surface area contributed by atoms with Crippen LogP contribution in [0.4, 0.5) is 0 Å². The van der Waals surface area contributed by atoms with Crippen molar-refractivity contribution in [2.75, 3.05) is 0 Å². The van der Waals surface area contributed by atoms with Crippen molar-refractivity contribution in [2.24, 2.45) is 0 Å². The Morgan fingerprint density at radius 2 is 1.78 bits per heavy atom. The maximum absolute atomic E-state index is 6.24. The van der Waals surface area contributed by atoms with Gasteiger partial charge in [0, 0.05) is 17.7 Å². The Kier molecular flexibility index (Phi) is 3.97. The molecule has 3 heteroatoms. The van der Waals surface area contributed by atoms with E-state index in [2.05, 4.69) is 35.9 Å². The van der Waals surface area contributed by atoms with Crippen LogP contribution in [0.25, 0.3) is 0 Å². The normalized spacial score (nSPS) is 10.9. The Morgan fingerprint density at radius 1 is 1.11 bits per heavy atom. The molecule has 1 aromatic carbocycles. The third kappa shape index (κ3) is 2.88. The van der Waals surface area contributed by atoms with Gasteiger partial charge >= 0.3 is 0 Å². The van der Waals surface area contributed by atoms with Crippen LogP contribution in [-0.2, 0) is 6.42 Å². The van der Waals surface area contributed by atoms with E-state index in [-0.39, 0.29) is 0 Å². The fourth-order valence-electron chi connectivity index (χ4n) is 2.12. The zero-order chi connectivity index (χ0) is 13.1. The van der Waals surface area contributed by atoms with E-state index < -0.39 is 0 Å². The summed E-state index contributed by atoms with van der Waals surface area (Å²) in [6, 6.07) is 10.2. The predicted molar refractivity (Wildman–Crippen MR) is 75.1 cm³/mol. The summed E-state index contributed by atoms with van der Waals surface area (Å²) in [5.74, 6) is 1.14. The van der Waals surface area contributed by atoms with Gasteiger partial charge < -0.3 is 0 Å². The molecule has 0 bridgehead atoms. The molecule has 18 heavy (non-hydrogen) atoms. The van der Waals surface area contributed by atoms with Gasteiger partial charge in [-0.15, -0.1) is 0 Å². The lowest BCUT2D eigenvalue weighted by atomic mass is 10.0. The van der Waals surface area contributed by atoms with Crippen molar-refractivity contribution in [3.63, 3.8) is 0 Å². The molecule has 2 nitrogen and oxygen atoms in total. The molecule has 0 radical (unpaired) electrons. The number of benzene rings is 1. The van der Waals surface area contributed by atoms with Crippen LogP contribution in [0, 0.1) is 6.92 Å². The molecule has 0 aliphatic carbocycles. The highest BCUT2D eigenvalue weighted by Gasteiger charge is 2.13. The van der Waals surface area contributed by atoms with E-state index in [0.29, 0.717) is 11.1 Å². The van der Waals surface area contributed by atoms with Gasteiger partial charge in [-0.05, 0) is 18.4 Å². The molecule has 0 amide bonds. The summed E-state index contributed by atoms with van der Waals surface area (Å²) in [6.07, 6.45) is 0.722. The first-order valence-electron chi connectivity index (χ1n) is 6.14. The third-order valence-corrected chi connectivity index (χ3v) is 3.21. The molecule has 2 aromatic rings. The van der Waals surface area contributed by atoms with Gasteiger partial charge in [0.05, 0.1) is 0 Å². The topological polar surface area (TPSA) is 25.8 Å². The number of hydrogen-bond donors (Lipinski definition) is 0. The summed E-state index contributed by atoms with van der Waals surface area (Å²) in [5, 5.41) is 0.587. The molecule has 94 valence electrons. The number of aryl methyl sites for hydroxylation is 1. The minimum atomic E-state index is 0.350. The molecule has 0 N–H and O–H groups in total. The van der Waals surface area contributed by atoms with Crippen molar-refractivity contribution in [2.45, 2.75) is 33.1 Å². The van der Waals surface area contributed by atoms with E-state index in [9.17, 15) is 0 Å². The Morgan fingerprint density at radius 3 is 2.33 bits per heavy atom. The van der Waals surface area contributed by atoms with Crippen molar-refractivity contribution >= 4 is 11.6 Å². The van der Waals surface area contributed by atoms with Crippen LogP contribution in [0.5, 0.6) is 0 Å². The molecule has 1 aromatic heterocycles. The Bertz CT molecular complexity index is 512. The quantitative estimate of drug-likeness (QED) is 0.775. The summed E-state index contributed by atoms with van der Waals surface area (Å²) in [6.45, 7) is 6.21. The highest BCUT2D eigenvalue weighted by molar-refractivity contribution is 6.30. The SMILES string of the molecule is Cc1nc(Cc2ccccc2)nc(Cl)c1C(C)C. The molecule has 0 aliphatic heterocycles. The minimum absolute atomic E-state index is 0.350. The Labute approximate surface area is 113 Å². The van der Waals surface area contributed by atoms with Crippen LogP contribution in [-0.4, -0.2) is 9.97 Å². The lowest BCUT2D eigenvalue weighted by molar-refractivity contribution is 0.810. The molecular weight excluding hydrogens is 244 g/mol. The maximum Gasteiger partial charge on any atom is 0.136 e. The summed E-state index contributed by atoms with van der Waals surface area (Å²) >= 11 is 6.24. The molecule has 0 saturated carbocycles. The van der Waals surface area contributed by atoms with E-state index in [0.717, 1.165) is 23.5 Å². The van der Waals surface area contributed by atoms with Gasteiger partial charge in [-0.1, -0.05) is 55.8 Å². The van der Waals surface area contributed by atoms with Gasteiger partial charge in [0.15, 0.2) is 0 Å². The molecule has 0 spiro atoms. The Balaban J connectivity index is 2.31. The van der Waals surface area contributed by atoms with Crippen LogP contribution >= 0.6 is 11.6 Å². The lowest BCUT2D eigenvalue weighted by Gasteiger charge is -2.12. The smallest absolute Gasteiger partial charge is 0.136 e. The minimum Gasteiger partial charge on any atom is -0.237 e. The second-order valence-electron chi connectivity index (χ2n) is 4.75. The first kappa shape index (κ1) is 13.0. The summed E-state index contributed by atoms with van der Waals surface area (Å²) < 4.78 is 0. The van der Waals surface area contributed by atoms with Crippen molar-refractivity contribution in [3.05, 3.63) is 58.1 Å². The van der Waals surface area contributed by atoms with Crippen molar-refractivity contribution in [1.82, 2.24) is 9.97 Å². The monoisotopic (exact) mass is 260 g/mol. The molecule has 0 aliphatic rings. The molecule has 2 rings (SSSR count). The zero-order valence-electron chi connectivity index (χ0n) is 10.9. The number of halogens is 1. The highest BCUT2D eigenvalue weighted by atomic mass is 35.5. The average Bonchev–Trinajstić information content (AvgIpc) is 2.28. The molecule has 0 atom stereocenters. The van der Waals surface area contributed by atoms with E-state index in [1.165, 1.54) is 5.56 Å². The van der Waals surface area contributed by atoms with Crippen molar-refractivity contribution in [1.29, 1.82) is 0 Å². The largest absolute Gasteiger partial charge is 0.237 e. The van der Waals surface area contributed by atoms with E-state index in [1.807, 2.05) is 25.1 Å². The van der Waals surface area contributed by atoms with Crippen molar-refractivity contribution in [3.8, 4) is 0 Å². The molecule has 0 saturated heterocycles. The highest BCUT2D eigenvalue weighted by Crippen LogP contribution is 2.25. The van der Waals surface area contributed by atoms with Crippen LogP contribution in [0.15, 0.2) is 30.3 Å². The number of hydrogen-bond acceptors (Lipinski definition) is 2. The van der Waals surface area contributed by atoms with Gasteiger partial charge in [-0.25, -0.2) is 9.97 Å². The average molecular weight is 261 g/mol. The number of aromatic nitrogens is 2. The van der Waals surface area contributed by atoms with Gasteiger partial charge in [-0.3, -0.25) is 0 Å². The van der Waals surface area contributed by atoms with Gasteiger partial charge in [-0.2, -0.15) is 0 Å². The molecule has 1 heterocycles. The zero-order valence-corrected chi connectivity index (χ0v) is 11.7. The molecule has 0 fully saturated rings. The van der Waals surface area contributed by atoms with Crippen LogP contribution in [0.2, 0.25) is 5.15 Å². The van der Waals surface area contributed by atoms with Crippen LogP contribution in [0.3, 0.4) is 0 Å². The Hall–Kier alpha value is -1.41. The first-order chi connectivity index (χ1) is 8.58. The third-order valence-electron chi connectivity index (χ3n) is 2.92. The van der Waals surface area contributed by atoms with Crippen molar-refractivity contribution < 1.29 is 0 Å². The van der Waals surface area contributed by atoms with Crippen LogP contribution in [0.1, 0.15) is 42.4 Å².